The van der Waals surface area contributed by atoms with Gasteiger partial charge in [0.2, 0.25) is 5.91 Å². The fourth-order valence-corrected chi connectivity index (χ4v) is 2.97. The molecule has 0 spiro atoms. The van der Waals surface area contributed by atoms with Gasteiger partial charge in [-0.15, -0.1) is 0 Å². The lowest BCUT2D eigenvalue weighted by Crippen LogP contribution is -2.22. The molecule has 0 bridgehead atoms. The van der Waals surface area contributed by atoms with Crippen LogP contribution in [0.25, 0.3) is 11.0 Å². The van der Waals surface area contributed by atoms with Gasteiger partial charge in [0.1, 0.15) is 11.3 Å². The minimum Gasteiger partial charge on any atom is -0.496 e. The van der Waals surface area contributed by atoms with E-state index in [4.69, 9.17) is 9.15 Å². The highest BCUT2D eigenvalue weighted by molar-refractivity contribution is 5.87. The molecule has 0 aliphatic carbocycles. The van der Waals surface area contributed by atoms with E-state index in [2.05, 4.69) is 17.4 Å². The highest BCUT2D eigenvalue weighted by atomic mass is 16.5. The Morgan fingerprint density at radius 1 is 1.17 bits per heavy atom. The second-order valence-corrected chi connectivity index (χ2v) is 5.78. The molecular weight excluding hydrogens is 302 g/mol. The minimum atomic E-state index is -0.0232. The maximum absolute atomic E-state index is 11.1. The Morgan fingerprint density at radius 3 is 2.67 bits per heavy atom. The molecule has 2 aromatic carbocycles. The van der Waals surface area contributed by atoms with Gasteiger partial charge in [0.05, 0.1) is 13.4 Å². The van der Waals surface area contributed by atoms with Crippen molar-refractivity contribution in [3.05, 3.63) is 65.4 Å². The summed E-state index contributed by atoms with van der Waals surface area (Å²) in [5.41, 5.74) is 4.27. The zero-order chi connectivity index (χ0) is 16.9. The first kappa shape index (κ1) is 16.1. The Hall–Kier alpha value is -2.75. The number of carbonyl (C=O) groups excluding carboxylic acids is 1. The molecule has 124 valence electrons. The number of hydrogen-bond acceptors (Lipinski definition) is 3. The summed E-state index contributed by atoms with van der Waals surface area (Å²) in [6.07, 6.45) is 3.27. The van der Waals surface area contributed by atoms with E-state index in [9.17, 15) is 4.79 Å². The first-order valence-electron chi connectivity index (χ1n) is 8.03. The van der Waals surface area contributed by atoms with Gasteiger partial charge in [-0.25, -0.2) is 0 Å². The van der Waals surface area contributed by atoms with Crippen molar-refractivity contribution >= 4 is 16.9 Å². The highest BCUT2D eigenvalue weighted by Crippen LogP contribution is 2.33. The summed E-state index contributed by atoms with van der Waals surface area (Å²) < 4.78 is 11.3. The number of ether oxygens (including phenoxy) is 1. The number of hydrogen-bond donors (Lipinski definition) is 1. The van der Waals surface area contributed by atoms with Gasteiger partial charge in [0.25, 0.3) is 0 Å². The summed E-state index contributed by atoms with van der Waals surface area (Å²) in [6.45, 7) is 2.11. The van der Waals surface area contributed by atoms with Crippen LogP contribution in [0.5, 0.6) is 5.75 Å². The molecule has 3 aromatic rings. The second-order valence-electron chi connectivity index (χ2n) is 5.78. The number of benzene rings is 2. The number of carbonyl (C=O) groups is 1. The average molecular weight is 323 g/mol. The molecule has 24 heavy (non-hydrogen) atoms. The summed E-state index contributed by atoms with van der Waals surface area (Å²) in [4.78, 5) is 11.1. The molecule has 1 aromatic heterocycles. The number of nitrogens with one attached hydrogen (secondary N) is 1. The average Bonchev–Trinajstić information content (AvgIpc) is 2.99. The van der Waals surface area contributed by atoms with Crippen LogP contribution in [0.3, 0.4) is 0 Å². The molecule has 0 saturated carbocycles. The smallest absolute Gasteiger partial charge is 0.216 e. The number of methoxy groups -OCH3 is 1. The van der Waals surface area contributed by atoms with Crippen molar-refractivity contribution in [2.24, 2.45) is 0 Å². The molecule has 1 heterocycles. The van der Waals surface area contributed by atoms with E-state index in [0.717, 1.165) is 40.7 Å². The number of fused-ring (bicyclic) bond motifs is 1. The van der Waals surface area contributed by atoms with Gasteiger partial charge in [-0.2, -0.15) is 0 Å². The van der Waals surface area contributed by atoms with E-state index in [-0.39, 0.29) is 5.91 Å². The Balaban J connectivity index is 2.00. The van der Waals surface area contributed by atoms with E-state index < -0.39 is 0 Å². The van der Waals surface area contributed by atoms with Crippen molar-refractivity contribution in [3.8, 4) is 5.75 Å². The first-order chi connectivity index (χ1) is 11.7. The van der Waals surface area contributed by atoms with E-state index in [0.29, 0.717) is 6.54 Å². The molecule has 1 amide bonds. The predicted octanol–water partition coefficient (Wildman–Crippen LogP) is 3.71. The quantitative estimate of drug-likeness (QED) is 0.752. The van der Waals surface area contributed by atoms with Gasteiger partial charge in [-0.05, 0) is 24.1 Å². The molecule has 1 N–H and O–H groups in total. The molecule has 4 nitrogen and oxygen atoms in total. The molecule has 3 rings (SSSR count). The monoisotopic (exact) mass is 323 g/mol. The number of amides is 1. The Kier molecular flexibility index (Phi) is 4.85. The van der Waals surface area contributed by atoms with E-state index in [1.807, 2.05) is 30.3 Å². The van der Waals surface area contributed by atoms with Crippen LogP contribution in [0.15, 0.2) is 53.1 Å². The molecule has 4 heteroatoms. The van der Waals surface area contributed by atoms with Crippen LogP contribution < -0.4 is 10.1 Å². The number of furan rings is 1. The van der Waals surface area contributed by atoms with Crippen LogP contribution in [0, 0.1) is 0 Å². The van der Waals surface area contributed by atoms with Crippen LogP contribution >= 0.6 is 0 Å². The summed E-state index contributed by atoms with van der Waals surface area (Å²) in [7, 11) is 1.69. The molecule has 0 atom stereocenters. The Labute approximate surface area is 141 Å². The van der Waals surface area contributed by atoms with Crippen molar-refractivity contribution in [1.29, 1.82) is 0 Å². The maximum atomic E-state index is 11.1. The highest BCUT2D eigenvalue weighted by Gasteiger charge is 2.15. The molecule has 0 unspecified atom stereocenters. The van der Waals surface area contributed by atoms with Gasteiger partial charge < -0.3 is 14.5 Å². The summed E-state index contributed by atoms with van der Waals surface area (Å²) in [6, 6.07) is 14.2. The summed E-state index contributed by atoms with van der Waals surface area (Å²) in [5, 5.41) is 3.92. The van der Waals surface area contributed by atoms with Crippen molar-refractivity contribution < 1.29 is 13.9 Å². The van der Waals surface area contributed by atoms with Gasteiger partial charge >= 0.3 is 0 Å². The van der Waals surface area contributed by atoms with E-state index >= 15 is 0 Å². The van der Waals surface area contributed by atoms with Crippen molar-refractivity contribution in [2.45, 2.75) is 19.8 Å². The van der Waals surface area contributed by atoms with Gasteiger partial charge in [0, 0.05) is 36.4 Å². The van der Waals surface area contributed by atoms with E-state index in [1.165, 1.54) is 12.5 Å². The van der Waals surface area contributed by atoms with Crippen molar-refractivity contribution in [1.82, 2.24) is 5.32 Å². The lowest BCUT2D eigenvalue weighted by molar-refractivity contribution is -0.118. The topological polar surface area (TPSA) is 51.5 Å². The summed E-state index contributed by atoms with van der Waals surface area (Å²) in [5.74, 6) is 0.832. The second kappa shape index (κ2) is 7.21. The predicted molar refractivity (Wildman–Crippen MR) is 94.4 cm³/mol. The van der Waals surface area contributed by atoms with Crippen LogP contribution in [0.2, 0.25) is 0 Å². The third-order valence-corrected chi connectivity index (χ3v) is 4.09. The zero-order valence-corrected chi connectivity index (χ0v) is 14.0. The standard InChI is InChI=1S/C20H21NO3/c1-14(22)21-11-10-16-13-24-19-9-8-18(23-2)17(20(16)19)12-15-6-4-3-5-7-15/h3-9,13H,10-12H2,1-2H3,(H,21,22). The van der Waals surface area contributed by atoms with Crippen LogP contribution in [-0.2, 0) is 17.6 Å². The molecular formula is C20H21NO3. The molecule has 0 saturated heterocycles. The molecule has 0 aliphatic rings. The van der Waals surface area contributed by atoms with Gasteiger partial charge in [0.15, 0.2) is 0 Å². The molecule has 0 aliphatic heterocycles. The Bertz CT molecular complexity index is 837. The fraction of sp³-hybridized carbons (Fsp3) is 0.250. The van der Waals surface area contributed by atoms with Crippen LogP contribution in [0.1, 0.15) is 23.6 Å². The van der Waals surface area contributed by atoms with Gasteiger partial charge in [-0.3, -0.25) is 4.79 Å². The van der Waals surface area contributed by atoms with E-state index in [1.54, 1.807) is 13.4 Å². The summed E-state index contributed by atoms with van der Waals surface area (Å²) >= 11 is 0. The maximum Gasteiger partial charge on any atom is 0.216 e. The number of rotatable bonds is 6. The SMILES string of the molecule is COc1ccc2occ(CCNC(C)=O)c2c1Cc1ccccc1. The lowest BCUT2D eigenvalue weighted by atomic mass is 9.97. The molecule has 0 radical (unpaired) electrons. The van der Waals surface area contributed by atoms with Crippen LogP contribution in [0.4, 0.5) is 0 Å². The lowest BCUT2D eigenvalue weighted by Gasteiger charge is -2.11. The molecule has 0 fully saturated rings. The first-order valence-corrected chi connectivity index (χ1v) is 8.03. The fourth-order valence-electron chi connectivity index (χ4n) is 2.97. The zero-order valence-electron chi connectivity index (χ0n) is 14.0. The minimum absolute atomic E-state index is 0.0232. The van der Waals surface area contributed by atoms with Crippen molar-refractivity contribution in [3.63, 3.8) is 0 Å². The largest absolute Gasteiger partial charge is 0.496 e. The third-order valence-electron chi connectivity index (χ3n) is 4.09. The van der Waals surface area contributed by atoms with Gasteiger partial charge in [-0.1, -0.05) is 30.3 Å². The van der Waals surface area contributed by atoms with Crippen LogP contribution in [-0.4, -0.2) is 19.6 Å². The third kappa shape index (κ3) is 3.43. The normalized spacial score (nSPS) is 10.8. The Morgan fingerprint density at radius 2 is 1.96 bits per heavy atom. The van der Waals surface area contributed by atoms with Crippen molar-refractivity contribution in [2.75, 3.05) is 13.7 Å².